The highest BCUT2D eigenvalue weighted by molar-refractivity contribution is 7.98. The first-order valence-corrected chi connectivity index (χ1v) is 11.7. The number of hydrogen-bond donors (Lipinski definition) is 2. The van der Waals surface area contributed by atoms with Gasteiger partial charge >= 0.3 is 6.03 Å². The quantitative estimate of drug-likeness (QED) is 0.666. The van der Waals surface area contributed by atoms with Crippen molar-refractivity contribution in [3.8, 4) is 17.0 Å². The summed E-state index contributed by atoms with van der Waals surface area (Å²) in [5, 5.41) is 3.64. The number of fused-ring (bicyclic) bond motifs is 1. The van der Waals surface area contributed by atoms with Crippen molar-refractivity contribution in [2.75, 3.05) is 32.1 Å². The molecular weight excluding hydrogens is 396 g/mol. The van der Waals surface area contributed by atoms with Crippen molar-refractivity contribution in [1.29, 1.82) is 0 Å². The molecule has 2 amide bonds. The van der Waals surface area contributed by atoms with Crippen molar-refractivity contribution < 1.29 is 9.53 Å². The Balaban J connectivity index is 1.49. The van der Waals surface area contributed by atoms with Gasteiger partial charge < -0.3 is 15.0 Å². The van der Waals surface area contributed by atoms with Gasteiger partial charge in [0.15, 0.2) is 0 Å². The van der Waals surface area contributed by atoms with E-state index in [0.29, 0.717) is 11.1 Å². The molecule has 1 aromatic carbocycles. The average Bonchev–Trinajstić information content (AvgIpc) is 3.27. The fraction of sp³-hybridized carbons (Fsp3) is 0.478. The fourth-order valence-electron chi connectivity index (χ4n) is 4.36. The van der Waals surface area contributed by atoms with Gasteiger partial charge in [-0.25, -0.2) is 9.78 Å². The Kier molecular flexibility index (Phi) is 6.79. The number of pyridine rings is 1. The minimum atomic E-state index is -0.152. The summed E-state index contributed by atoms with van der Waals surface area (Å²) < 4.78 is 8.33. The van der Waals surface area contributed by atoms with Gasteiger partial charge in [-0.2, -0.15) is 0 Å². The van der Waals surface area contributed by atoms with Gasteiger partial charge in [0.1, 0.15) is 0 Å². The maximum Gasteiger partial charge on any atom is 0.329 e. The molecule has 4 rings (SSSR count). The number of carbonyl (C=O) groups excluding carboxylic acids is 1. The lowest BCUT2D eigenvalue weighted by Crippen LogP contribution is -2.36. The minimum Gasteiger partial charge on any atom is -0.481 e. The second kappa shape index (κ2) is 9.71. The van der Waals surface area contributed by atoms with E-state index in [0.717, 1.165) is 68.6 Å². The van der Waals surface area contributed by atoms with Crippen LogP contribution >= 0.6 is 11.9 Å². The number of benzene rings is 1. The lowest BCUT2D eigenvalue weighted by atomic mass is 9.98. The topological polar surface area (TPSA) is 66.5 Å². The Morgan fingerprint density at radius 3 is 2.87 bits per heavy atom. The molecular formula is C23H30N4O2S. The summed E-state index contributed by atoms with van der Waals surface area (Å²) in [5.74, 6) is 0.567. The number of nitrogens with zero attached hydrogens (tertiary/aromatic N) is 2. The first kappa shape index (κ1) is 21.0. The number of rotatable bonds is 6. The van der Waals surface area contributed by atoms with Crippen molar-refractivity contribution >= 4 is 23.7 Å². The zero-order valence-corrected chi connectivity index (χ0v) is 18.6. The Labute approximate surface area is 182 Å². The number of nitrogens with one attached hydrogen (secondary N) is 2. The van der Waals surface area contributed by atoms with Crippen LogP contribution in [0.25, 0.3) is 11.1 Å². The van der Waals surface area contributed by atoms with Gasteiger partial charge in [-0.3, -0.25) is 4.72 Å². The van der Waals surface area contributed by atoms with Crippen molar-refractivity contribution in [3.63, 3.8) is 0 Å². The van der Waals surface area contributed by atoms with Crippen molar-refractivity contribution in [2.24, 2.45) is 0 Å². The van der Waals surface area contributed by atoms with Gasteiger partial charge in [-0.1, -0.05) is 19.1 Å². The smallest absolute Gasteiger partial charge is 0.329 e. The van der Waals surface area contributed by atoms with Gasteiger partial charge in [0, 0.05) is 23.1 Å². The Bertz CT molecular complexity index is 897. The largest absolute Gasteiger partial charge is 0.481 e. The van der Waals surface area contributed by atoms with Crippen LogP contribution in [0.2, 0.25) is 0 Å². The third kappa shape index (κ3) is 4.73. The number of methoxy groups -OCH3 is 1. The predicted molar refractivity (Wildman–Crippen MR) is 123 cm³/mol. The van der Waals surface area contributed by atoms with Crippen LogP contribution in [0.1, 0.15) is 37.3 Å². The van der Waals surface area contributed by atoms with Gasteiger partial charge in [0.25, 0.3) is 0 Å². The molecule has 7 heteroatoms. The van der Waals surface area contributed by atoms with E-state index in [4.69, 9.17) is 4.74 Å². The number of ether oxygens (including phenoxy) is 1. The fourth-order valence-corrected chi connectivity index (χ4v) is 5.13. The number of carbonyl (C=O) groups is 1. The van der Waals surface area contributed by atoms with E-state index < -0.39 is 0 Å². The van der Waals surface area contributed by atoms with Crippen molar-refractivity contribution in [3.05, 3.63) is 41.6 Å². The van der Waals surface area contributed by atoms with Crippen LogP contribution in [0.4, 0.5) is 10.5 Å². The zero-order valence-electron chi connectivity index (χ0n) is 17.7. The SMILES string of the molecule is CCN1CCC(SNC(=O)Nc2c(-c3ccnc(OC)c3)ccc3c2CCC3)CC1. The Morgan fingerprint density at radius 2 is 2.10 bits per heavy atom. The minimum absolute atomic E-state index is 0.152. The highest BCUT2D eigenvalue weighted by atomic mass is 32.2. The van der Waals surface area contributed by atoms with E-state index in [1.807, 2.05) is 12.1 Å². The summed E-state index contributed by atoms with van der Waals surface area (Å²) in [7, 11) is 1.61. The summed E-state index contributed by atoms with van der Waals surface area (Å²) in [6.45, 7) is 5.52. The van der Waals surface area contributed by atoms with E-state index in [-0.39, 0.29) is 6.03 Å². The second-order valence-corrected chi connectivity index (χ2v) is 8.98. The number of aromatic nitrogens is 1. The molecule has 30 heavy (non-hydrogen) atoms. The average molecular weight is 427 g/mol. The molecule has 2 heterocycles. The van der Waals surface area contributed by atoms with Gasteiger partial charge in [-0.15, -0.1) is 0 Å². The van der Waals surface area contributed by atoms with Crippen molar-refractivity contribution in [2.45, 2.75) is 44.3 Å². The summed E-state index contributed by atoms with van der Waals surface area (Å²) in [6, 6.07) is 8.00. The Hall–Kier alpha value is -2.25. The molecule has 0 radical (unpaired) electrons. The second-order valence-electron chi connectivity index (χ2n) is 7.87. The molecule has 160 valence electrons. The molecule has 2 aliphatic rings. The number of hydrogen-bond acceptors (Lipinski definition) is 5. The van der Waals surface area contributed by atoms with Crippen LogP contribution in [0, 0.1) is 0 Å². The van der Waals surface area contributed by atoms with Crippen molar-refractivity contribution in [1.82, 2.24) is 14.6 Å². The summed E-state index contributed by atoms with van der Waals surface area (Å²) >= 11 is 1.56. The lowest BCUT2D eigenvalue weighted by molar-refractivity contribution is 0.243. The third-order valence-electron chi connectivity index (χ3n) is 6.08. The standard InChI is InChI=1S/C23H30N4O2S/c1-3-27-13-10-18(11-14-27)30-26-23(28)25-22-19-6-4-5-16(19)7-8-20(22)17-9-12-24-21(15-17)29-2/h7-9,12,15,18H,3-6,10-11,13-14H2,1-2H3,(H2,25,26,28). The molecule has 6 nitrogen and oxygen atoms in total. The van der Waals surface area contributed by atoms with Gasteiger partial charge in [-0.05, 0) is 86.4 Å². The number of likely N-dealkylation sites (tertiary alicyclic amines) is 1. The highest BCUT2D eigenvalue weighted by Gasteiger charge is 2.22. The van der Waals surface area contributed by atoms with Crippen LogP contribution in [-0.2, 0) is 12.8 Å². The number of amides is 2. The molecule has 0 saturated carbocycles. The number of piperidine rings is 1. The molecule has 1 aromatic heterocycles. The maximum atomic E-state index is 12.8. The molecule has 0 unspecified atom stereocenters. The van der Waals surface area contributed by atoms with E-state index in [1.54, 1.807) is 25.3 Å². The number of anilines is 1. The number of urea groups is 1. The van der Waals surface area contributed by atoms with Gasteiger partial charge in [0.05, 0.1) is 12.8 Å². The molecule has 1 fully saturated rings. The predicted octanol–water partition coefficient (Wildman–Crippen LogP) is 4.50. The van der Waals surface area contributed by atoms with Crippen LogP contribution in [0.5, 0.6) is 5.88 Å². The van der Waals surface area contributed by atoms with Crippen LogP contribution in [0.3, 0.4) is 0 Å². The van der Waals surface area contributed by atoms with E-state index in [1.165, 1.54) is 11.1 Å². The maximum absolute atomic E-state index is 12.8. The Morgan fingerprint density at radius 1 is 1.27 bits per heavy atom. The van der Waals surface area contributed by atoms with Crippen LogP contribution in [-0.4, -0.2) is 47.9 Å². The molecule has 0 atom stereocenters. The zero-order chi connectivity index (χ0) is 20.9. The molecule has 2 aromatic rings. The third-order valence-corrected chi connectivity index (χ3v) is 7.18. The molecule has 2 N–H and O–H groups in total. The first-order chi connectivity index (χ1) is 14.7. The van der Waals surface area contributed by atoms with Crippen LogP contribution in [0.15, 0.2) is 30.5 Å². The highest BCUT2D eigenvalue weighted by Crippen LogP contribution is 2.38. The van der Waals surface area contributed by atoms with E-state index in [2.05, 4.69) is 39.0 Å². The number of aryl methyl sites for hydroxylation is 1. The summed E-state index contributed by atoms with van der Waals surface area (Å²) in [6.07, 6.45) is 7.15. The normalized spacial score (nSPS) is 16.9. The molecule has 1 aliphatic carbocycles. The molecule has 0 bridgehead atoms. The van der Waals surface area contributed by atoms with Gasteiger partial charge in [0.2, 0.25) is 5.88 Å². The van der Waals surface area contributed by atoms with Crippen LogP contribution < -0.4 is 14.8 Å². The molecule has 0 spiro atoms. The van der Waals surface area contributed by atoms with E-state index in [9.17, 15) is 4.79 Å². The molecule has 1 aliphatic heterocycles. The molecule has 1 saturated heterocycles. The summed E-state index contributed by atoms with van der Waals surface area (Å²) in [4.78, 5) is 19.5. The summed E-state index contributed by atoms with van der Waals surface area (Å²) in [5.41, 5.74) is 5.49. The monoisotopic (exact) mass is 426 g/mol. The lowest BCUT2D eigenvalue weighted by Gasteiger charge is -2.30. The first-order valence-electron chi connectivity index (χ1n) is 10.8. The van der Waals surface area contributed by atoms with E-state index >= 15 is 0 Å².